The summed E-state index contributed by atoms with van der Waals surface area (Å²) in [6.45, 7) is 2.35. The molecule has 0 radical (unpaired) electrons. The number of fused-ring (bicyclic) bond motifs is 1. The zero-order valence-corrected chi connectivity index (χ0v) is 12.6. The number of nitrogens with zero attached hydrogens (tertiary/aromatic N) is 2. The number of hydrogen-bond acceptors (Lipinski definition) is 3. The Morgan fingerprint density at radius 2 is 2.29 bits per heavy atom. The molecule has 0 saturated heterocycles. The zero-order valence-electron chi connectivity index (χ0n) is 11.8. The average Bonchev–Trinajstić information content (AvgIpc) is 2.98. The van der Waals surface area contributed by atoms with Crippen molar-refractivity contribution in [2.45, 2.75) is 38.4 Å². The van der Waals surface area contributed by atoms with E-state index >= 15 is 0 Å². The highest BCUT2D eigenvalue weighted by atomic mass is 35.5. The maximum absolute atomic E-state index is 6.20. The topological polar surface area (TPSA) is 39.1 Å². The van der Waals surface area contributed by atoms with Crippen molar-refractivity contribution < 1.29 is 4.74 Å². The Hall–Kier alpha value is -1.52. The molecule has 2 aliphatic rings. The molecule has 0 spiro atoms. The zero-order chi connectivity index (χ0) is 14.2. The van der Waals surface area contributed by atoms with Gasteiger partial charge >= 0.3 is 0 Å². The van der Waals surface area contributed by atoms with E-state index < -0.39 is 0 Å². The van der Waals surface area contributed by atoms with Gasteiger partial charge in [0.05, 0.1) is 19.3 Å². The Morgan fingerprint density at radius 1 is 1.38 bits per heavy atom. The predicted octanol–water partition coefficient (Wildman–Crippen LogP) is 2.77. The molecule has 1 aliphatic heterocycles. The molecule has 1 aromatic heterocycles. The molecule has 0 bridgehead atoms. The molecule has 0 amide bonds. The molecule has 2 heterocycles. The summed E-state index contributed by atoms with van der Waals surface area (Å²) >= 11 is 6.20. The van der Waals surface area contributed by atoms with Crippen molar-refractivity contribution in [3.63, 3.8) is 0 Å². The van der Waals surface area contributed by atoms with Gasteiger partial charge in [0.15, 0.2) is 0 Å². The van der Waals surface area contributed by atoms with Crippen LogP contribution in [0.3, 0.4) is 0 Å². The van der Waals surface area contributed by atoms with Crippen molar-refractivity contribution in [1.29, 1.82) is 0 Å². The third kappa shape index (κ3) is 2.92. The second kappa shape index (κ2) is 5.35. The van der Waals surface area contributed by atoms with Crippen LogP contribution in [-0.2, 0) is 19.5 Å². The molecular weight excluding hydrogens is 286 g/mol. The fourth-order valence-corrected chi connectivity index (χ4v) is 3.04. The Bertz CT molecular complexity index is 664. The summed E-state index contributed by atoms with van der Waals surface area (Å²) in [5.74, 6) is 0.993. The smallest absolute Gasteiger partial charge is 0.127 e. The SMILES string of the molecule is Clc1cc2c(c(Cn3cc(CNC4CC4)cn3)c1)OCC2. The van der Waals surface area contributed by atoms with Crippen molar-refractivity contribution >= 4 is 11.6 Å². The molecule has 0 unspecified atom stereocenters. The van der Waals surface area contributed by atoms with Crippen LogP contribution in [0.2, 0.25) is 5.02 Å². The first-order valence-corrected chi connectivity index (χ1v) is 7.84. The molecule has 1 N–H and O–H groups in total. The lowest BCUT2D eigenvalue weighted by Crippen LogP contribution is -2.14. The summed E-state index contributed by atoms with van der Waals surface area (Å²) in [7, 11) is 0. The van der Waals surface area contributed by atoms with Crippen LogP contribution in [-0.4, -0.2) is 22.4 Å². The highest BCUT2D eigenvalue weighted by molar-refractivity contribution is 6.30. The second-order valence-corrected chi connectivity index (χ2v) is 6.29. The van der Waals surface area contributed by atoms with E-state index in [1.54, 1.807) is 0 Å². The predicted molar refractivity (Wildman–Crippen MR) is 81.8 cm³/mol. The largest absolute Gasteiger partial charge is 0.493 e. The molecular formula is C16H18ClN3O. The van der Waals surface area contributed by atoms with Gasteiger partial charge in [-0.1, -0.05) is 11.6 Å². The van der Waals surface area contributed by atoms with Gasteiger partial charge in [-0.05, 0) is 30.5 Å². The molecule has 4 rings (SSSR count). The number of benzene rings is 1. The summed E-state index contributed by atoms with van der Waals surface area (Å²) in [4.78, 5) is 0. The van der Waals surface area contributed by atoms with Crippen LogP contribution in [0.25, 0.3) is 0 Å². The minimum atomic E-state index is 0.701. The van der Waals surface area contributed by atoms with Crippen LogP contribution >= 0.6 is 11.6 Å². The molecule has 5 heteroatoms. The minimum Gasteiger partial charge on any atom is -0.493 e. The van der Waals surface area contributed by atoms with E-state index in [0.717, 1.165) is 41.9 Å². The van der Waals surface area contributed by atoms with E-state index in [9.17, 15) is 0 Å². The average molecular weight is 304 g/mol. The van der Waals surface area contributed by atoms with Crippen LogP contribution in [0.5, 0.6) is 5.75 Å². The molecule has 1 saturated carbocycles. The third-order valence-electron chi connectivity index (χ3n) is 4.02. The summed E-state index contributed by atoms with van der Waals surface area (Å²) in [6.07, 6.45) is 7.58. The van der Waals surface area contributed by atoms with E-state index in [1.165, 1.54) is 24.0 Å². The van der Waals surface area contributed by atoms with E-state index in [1.807, 2.05) is 23.0 Å². The van der Waals surface area contributed by atoms with Gasteiger partial charge in [-0.25, -0.2) is 0 Å². The molecule has 21 heavy (non-hydrogen) atoms. The fraction of sp³-hybridized carbons (Fsp3) is 0.438. The van der Waals surface area contributed by atoms with Crippen molar-refractivity contribution in [2.75, 3.05) is 6.61 Å². The molecule has 110 valence electrons. The first kappa shape index (κ1) is 13.2. The Kier molecular flexibility index (Phi) is 3.36. The molecule has 2 aromatic rings. The van der Waals surface area contributed by atoms with Crippen LogP contribution in [0, 0.1) is 0 Å². The normalized spacial score (nSPS) is 16.8. The maximum atomic E-state index is 6.20. The van der Waals surface area contributed by atoms with Crippen molar-refractivity contribution in [3.8, 4) is 5.75 Å². The number of halogens is 1. The van der Waals surface area contributed by atoms with E-state index in [-0.39, 0.29) is 0 Å². The molecule has 1 aliphatic carbocycles. The number of nitrogens with one attached hydrogen (secondary N) is 1. The standard InChI is InChI=1S/C16H18ClN3O/c17-14-5-12-3-4-21-16(12)13(6-14)10-20-9-11(8-19-20)7-18-15-1-2-15/h5-6,8-9,15,18H,1-4,7,10H2. The summed E-state index contributed by atoms with van der Waals surface area (Å²) in [5.41, 5.74) is 3.54. The van der Waals surface area contributed by atoms with Crippen molar-refractivity contribution in [2.24, 2.45) is 0 Å². The van der Waals surface area contributed by atoms with Gasteiger partial charge < -0.3 is 10.1 Å². The number of ether oxygens (including phenoxy) is 1. The Labute approximate surface area is 129 Å². The number of aromatic nitrogens is 2. The van der Waals surface area contributed by atoms with Gasteiger partial charge in [-0.3, -0.25) is 4.68 Å². The first-order chi connectivity index (χ1) is 10.3. The van der Waals surface area contributed by atoms with E-state index in [0.29, 0.717) is 6.54 Å². The Balaban J connectivity index is 1.50. The maximum Gasteiger partial charge on any atom is 0.127 e. The number of rotatable bonds is 5. The number of hydrogen-bond donors (Lipinski definition) is 1. The minimum absolute atomic E-state index is 0.701. The molecule has 0 atom stereocenters. The van der Waals surface area contributed by atoms with Gasteiger partial charge in [0, 0.05) is 41.4 Å². The second-order valence-electron chi connectivity index (χ2n) is 5.85. The molecule has 1 aromatic carbocycles. The highest BCUT2D eigenvalue weighted by Gasteiger charge is 2.20. The lowest BCUT2D eigenvalue weighted by atomic mass is 10.1. The monoisotopic (exact) mass is 303 g/mol. The summed E-state index contributed by atoms with van der Waals surface area (Å²) in [5, 5.41) is 8.72. The quantitative estimate of drug-likeness (QED) is 0.923. The van der Waals surface area contributed by atoms with Gasteiger partial charge in [0.25, 0.3) is 0 Å². The van der Waals surface area contributed by atoms with E-state index in [2.05, 4.69) is 16.6 Å². The van der Waals surface area contributed by atoms with Crippen molar-refractivity contribution in [3.05, 3.63) is 46.2 Å². The van der Waals surface area contributed by atoms with Gasteiger partial charge in [-0.2, -0.15) is 5.10 Å². The highest BCUT2D eigenvalue weighted by Crippen LogP contribution is 2.33. The lowest BCUT2D eigenvalue weighted by Gasteiger charge is -2.09. The van der Waals surface area contributed by atoms with Gasteiger partial charge in [0.2, 0.25) is 0 Å². The van der Waals surface area contributed by atoms with Crippen LogP contribution < -0.4 is 10.1 Å². The molecule has 1 fully saturated rings. The van der Waals surface area contributed by atoms with Crippen LogP contribution in [0.1, 0.15) is 29.5 Å². The van der Waals surface area contributed by atoms with Crippen LogP contribution in [0.15, 0.2) is 24.5 Å². The third-order valence-corrected chi connectivity index (χ3v) is 4.23. The van der Waals surface area contributed by atoms with Crippen LogP contribution in [0.4, 0.5) is 0 Å². The fourth-order valence-electron chi connectivity index (χ4n) is 2.77. The molecule has 4 nitrogen and oxygen atoms in total. The van der Waals surface area contributed by atoms with E-state index in [4.69, 9.17) is 16.3 Å². The van der Waals surface area contributed by atoms with Gasteiger partial charge in [0.1, 0.15) is 5.75 Å². The Morgan fingerprint density at radius 3 is 3.14 bits per heavy atom. The summed E-state index contributed by atoms with van der Waals surface area (Å²) < 4.78 is 7.69. The van der Waals surface area contributed by atoms with Gasteiger partial charge in [-0.15, -0.1) is 0 Å². The first-order valence-electron chi connectivity index (χ1n) is 7.47. The van der Waals surface area contributed by atoms with Crippen molar-refractivity contribution in [1.82, 2.24) is 15.1 Å². The lowest BCUT2D eigenvalue weighted by molar-refractivity contribution is 0.352. The summed E-state index contributed by atoms with van der Waals surface area (Å²) in [6, 6.07) is 4.70.